The summed E-state index contributed by atoms with van der Waals surface area (Å²) in [6, 6.07) is -0.714. The van der Waals surface area contributed by atoms with Crippen LogP contribution in [-0.4, -0.2) is 48.3 Å². The quantitative estimate of drug-likeness (QED) is 0.501. The monoisotopic (exact) mass is 386 g/mol. The summed E-state index contributed by atoms with van der Waals surface area (Å²) in [5, 5.41) is 6.58. The van der Waals surface area contributed by atoms with Crippen molar-refractivity contribution >= 4 is 11.9 Å². The smallest absolute Gasteiger partial charge is 0.323 e. The van der Waals surface area contributed by atoms with E-state index in [-0.39, 0.29) is 42.0 Å². The number of esters is 2. The summed E-state index contributed by atoms with van der Waals surface area (Å²) in [7, 11) is 0. The van der Waals surface area contributed by atoms with E-state index < -0.39 is 11.6 Å². The molecule has 0 saturated carbocycles. The molecule has 3 atom stereocenters. The molecule has 27 heavy (non-hydrogen) atoms. The number of hydrogen-bond donors (Lipinski definition) is 2. The van der Waals surface area contributed by atoms with Crippen molar-refractivity contribution < 1.29 is 19.1 Å². The van der Waals surface area contributed by atoms with Gasteiger partial charge in [0.25, 0.3) is 0 Å². The number of carbonyl (C=O) groups is 2. The Morgan fingerprint density at radius 2 is 1.33 bits per heavy atom. The normalized spacial score (nSPS) is 15.7. The van der Waals surface area contributed by atoms with Crippen molar-refractivity contribution in [1.82, 2.24) is 10.6 Å². The van der Waals surface area contributed by atoms with Gasteiger partial charge in [-0.25, -0.2) is 0 Å². The fourth-order valence-electron chi connectivity index (χ4n) is 3.13. The maximum atomic E-state index is 12.5. The summed E-state index contributed by atoms with van der Waals surface area (Å²) in [6.45, 7) is 20.3. The van der Waals surface area contributed by atoms with Crippen LogP contribution in [0.4, 0.5) is 0 Å². The average Bonchev–Trinajstić information content (AvgIpc) is 2.47. The summed E-state index contributed by atoms with van der Waals surface area (Å²) in [4.78, 5) is 24.8. The molecule has 0 aromatic heterocycles. The van der Waals surface area contributed by atoms with Gasteiger partial charge in [0.1, 0.15) is 18.2 Å². The summed E-state index contributed by atoms with van der Waals surface area (Å²) in [6.07, 6.45) is 0.171. The minimum atomic E-state index is -0.407. The van der Waals surface area contributed by atoms with E-state index in [0.717, 1.165) is 0 Å². The zero-order valence-electron chi connectivity index (χ0n) is 19.0. The Hall–Kier alpha value is -1.14. The first-order chi connectivity index (χ1) is 12.3. The van der Waals surface area contributed by atoms with Gasteiger partial charge in [-0.1, -0.05) is 34.6 Å². The van der Waals surface area contributed by atoms with Gasteiger partial charge >= 0.3 is 11.9 Å². The molecule has 0 bridgehead atoms. The standard InChI is InChI=1S/C21H42N2O4/c1-11-22-17(13(2)3)19(24)27-16(8)12-21(9,10)23-18(14(4)5)20(25)26-15(6)7/h13-18,22-23H,11-12H2,1-10H3/t16?,17-,18?/m1/s1. The van der Waals surface area contributed by atoms with Crippen LogP contribution in [0, 0.1) is 11.8 Å². The first kappa shape index (κ1) is 25.9. The second-order valence-corrected chi connectivity index (χ2v) is 8.97. The van der Waals surface area contributed by atoms with E-state index in [0.29, 0.717) is 13.0 Å². The molecule has 0 aliphatic carbocycles. The van der Waals surface area contributed by atoms with E-state index >= 15 is 0 Å². The second-order valence-electron chi connectivity index (χ2n) is 8.97. The maximum Gasteiger partial charge on any atom is 0.323 e. The minimum Gasteiger partial charge on any atom is -0.462 e. The van der Waals surface area contributed by atoms with Crippen LogP contribution in [0.5, 0.6) is 0 Å². The Labute approximate surface area is 166 Å². The van der Waals surface area contributed by atoms with Crippen molar-refractivity contribution in [2.24, 2.45) is 11.8 Å². The Morgan fingerprint density at radius 1 is 0.852 bits per heavy atom. The lowest BCUT2D eigenvalue weighted by atomic mass is 9.93. The van der Waals surface area contributed by atoms with Crippen LogP contribution in [0.2, 0.25) is 0 Å². The van der Waals surface area contributed by atoms with Gasteiger partial charge in [-0.05, 0) is 53.0 Å². The van der Waals surface area contributed by atoms with Crippen molar-refractivity contribution in [1.29, 1.82) is 0 Å². The summed E-state index contributed by atoms with van der Waals surface area (Å²) in [5.41, 5.74) is -0.393. The van der Waals surface area contributed by atoms with Gasteiger partial charge < -0.3 is 14.8 Å². The van der Waals surface area contributed by atoms with E-state index in [4.69, 9.17) is 9.47 Å². The number of nitrogens with one attached hydrogen (secondary N) is 2. The van der Waals surface area contributed by atoms with Gasteiger partial charge in [0.2, 0.25) is 0 Å². The number of rotatable bonds is 12. The number of ether oxygens (including phenoxy) is 2. The summed E-state index contributed by atoms with van der Waals surface area (Å²) >= 11 is 0. The van der Waals surface area contributed by atoms with Crippen molar-refractivity contribution in [3.63, 3.8) is 0 Å². The Bertz CT molecular complexity index is 461. The van der Waals surface area contributed by atoms with Gasteiger partial charge in [-0.3, -0.25) is 14.9 Å². The molecule has 0 heterocycles. The van der Waals surface area contributed by atoms with Crippen LogP contribution in [-0.2, 0) is 19.1 Å². The molecule has 0 amide bonds. The molecule has 0 saturated heterocycles. The molecule has 0 aromatic rings. The van der Waals surface area contributed by atoms with E-state index in [9.17, 15) is 9.59 Å². The molecule has 6 heteroatoms. The SMILES string of the molecule is CCN[C@@H](C(=O)OC(C)CC(C)(C)NC(C(=O)OC(C)C)C(C)C)C(C)C. The van der Waals surface area contributed by atoms with Crippen molar-refractivity contribution in [3.05, 3.63) is 0 Å². The zero-order chi connectivity index (χ0) is 21.4. The fourth-order valence-corrected chi connectivity index (χ4v) is 3.13. The molecule has 0 radical (unpaired) electrons. The molecule has 0 aromatic carbocycles. The van der Waals surface area contributed by atoms with Crippen LogP contribution >= 0.6 is 0 Å². The van der Waals surface area contributed by atoms with E-state index in [1.165, 1.54) is 0 Å². The lowest BCUT2D eigenvalue weighted by molar-refractivity contribution is -0.155. The van der Waals surface area contributed by atoms with Gasteiger partial charge in [0.05, 0.1) is 6.10 Å². The highest BCUT2D eigenvalue weighted by atomic mass is 16.5. The number of likely N-dealkylation sites (N-methyl/N-ethyl adjacent to an activating group) is 1. The van der Waals surface area contributed by atoms with Gasteiger partial charge in [-0.15, -0.1) is 0 Å². The molecule has 0 rings (SSSR count). The summed E-state index contributed by atoms with van der Waals surface area (Å²) < 4.78 is 11.1. The predicted molar refractivity (Wildman–Crippen MR) is 110 cm³/mol. The van der Waals surface area contributed by atoms with Crippen molar-refractivity contribution in [3.8, 4) is 0 Å². The molecular weight excluding hydrogens is 344 g/mol. The third kappa shape index (κ3) is 10.1. The molecule has 0 spiro atoms. The lowest BCUT2D eigenvalue weighted by Gasteiger charge is -2.35. The average molecular weight is 387 g/mol. The number of hydrogen-bond acceptors (Lipinski definition) is 6. The highest BCUT2D eigenvalue weighted by molar-refractivity contribution is 5.76. The molecule has 2 unspecified atom stereocenters. The third-order valence-corrected chi connectivity index (χ3v) is 4.28. The van der Waals surface area contributed by atoms with Crippen LogP contribution in [0.15, 0.2) is 0 Å². The van der Waals surface area contributed by atoms with Crippen molar-refractivity contribution in [2.75, 3.05) is 6.54 Å². The maximum absolute atomic E-state index is 12.5. The number of carbonyl (C=O) groups excluding carboxylic acids is 2. The summed E-state index contributed by atoms with van der Waals surface area (Å²) in [5.74, 6) is -0.223. The lowest BCUT2D eigenvalue weighted by Crippen LogP contribution is -2.54. The molecule has 0 aliphatic rings. The molecule has 0 fully saturated rings. The Morgan fingerprint density at radius 3 is 1.74 bits per heavy atom. The van der Waals surface area contributed by atoms with Crippen LogP contribution in [0.3, 0.4) is 0 Å². The minimum absolute atomic E-state index is 0.0902. The van der Waals surface area contributed by atoms with Gasteiger partial charge in [0, 0.05) is 12.0 Å². The van der Waals surface area contributed by atoms with E-state index in [1.807, 2.05) is 69.2 Å². The Kier molecular flexibility index (Phi) is 11.2. The van der Waals surface area contributed by atoms with Crippen LogP contribution in [0.1, 0.15) is 75.7 Å². The highest BCUT2D eigenvalue weighted by Gasteiger charge is 2.33. The largest absolute Gasteiger partial charge is 0.462 e. The van der Waals surface area contributed by atoms with Gasteiger partial charge in [-0.2, -0.15) is 0 Å². The van der Waals surface area contributed by atoms with E-state index in [2.05, 4.69) is 10.6 Å². The van der Waals surface area contributed by atoms with Gasteiger partial charge in [0.15, 0.2) is 0 Å². The van der Waals surface area contributed by atoms with Crippen LogP contribution in [0.25, 0.3) is 0 Å². The fraction of sp³-hybridized carbons (Fsp3) is 0.905. The first-order valence-electron chi connectivity index (χ1n) is 10.2. The predicted octanol–water partition coefficient (Wildman–Crippen LogP) is 3.29. The third-order valence-electron chi connectivity index (χ3n) is 4.28. The first-order valence-corrected chi connectivity index (χ1v) is 10.2. The molecule has 2 N–H and O–H groups in total. The van der Waals surface area contributed by atoms with Crippen molar-refractivity contribution in [2.45, 2.75) is 105 Å². The molecular formula is C21H42N2O4. The molecule has 160 valence electrons. The molecule has 6 nitrogen and oxygen atoms in total. The topological polar surface area (TPSA) is 76.7 Å². The Balaban J connectivity index is 4.91. The van der Waals surface area contributed by atoms with Crippen LogP contribution < -0.4 is 10.6 Å². The zero-order valence-corrected chi connectivity index (χ0v) is 19.0. The second kappa shape index (κ2) is 11.6. The molecule has 0 aliphatic heterocycles. The van der Waals surface area contributed by atoms with E-state index in [1.54, 1.807) is 0 Å². The highest BCUT2D eigenvalue weighted by Crippen LogP contribution is 2.19.